The second-order valence-electron chi connectivity index (χ2n) is 7.65. The Kier molecular flexibility index (Phi) is 6.88. The number of hydrogen-bond donors (Lipinski definition) is 2. The minimum Gasteiger partial charge on any atom is -0.453 e. The van der Waals surface area contributed by atoms with Crippen LogP contribution in [-0.4, -0.2) is 23.6 Å². The molecule has 0 fully saturated rings. The van der Waals surface area contributed by atoms with Crippen LogP contribution < -0.4 is 5.32 Å². The summed E-state index contributed by atoms with van der Waals surface area (Å²) in [5.74, 6) is -1.35. The van der Waals surface area contributed by atoms with Crippen molar-refractivity contribution in [3.05, 3.63) is 107 Å². The molecule has 0 saturated heterocycles. The first-order valence-electron chi connectivity index (χ1n) is 10.2. The molecule has 0 aliphatic carbocycles. The zero-order valence-electron chi connectivity index (χ0n) is 18.0. The van der Waals surface area contributed by atoms with Crippen molar-refractivity contribution in [2.24, 2.45) is 0 Å². The van der Waals surface area contributed by atoms with Gasteiger partial charge in [0.2, 0.25) is 5.60 Å². The van der Waals surface area contributed by atoms with Gasteiger partial charge in [-0.2, -0.15) is 0 Å². The van der Waals surface area contributed by atoms with Gasteiger partial charge in [0.05, 0.1) is 6.04 Å². The van der Waals surface area contributed by atoms with E-state index in [0.717, 1.165) is 11.1 Å². The lowest BCUT2D eigenvalue weighted by atomic mass is 9.86. The van der Waals surface area contributed by atoms with Crippen LogP contribution in [0.15, 0.2) is 78.9 Å². The summed E-state index contributed by atoms with van der Waals surface area (Å²) in [7, 11) is 0. The highest BCUT2D eigenvalue weighted by Crippen LogP contribution is 2.31. The van der Waals surface area contributed by atoms with E-state index in [2.05, 4.69) is 5.32 Å². The van der Waals surface area contributed by atoms with Gasteiger partial charge in [-0.15, -0.1) is 0 Å². The monoisotopic (exact) mass is 417 g/mol. The van der Waals surface area contributed by atoms with E-state index in [4.69, 9.17) is 4.74 Å². The number of hydrogen-bond acceptors (Lipinski definition) is 4. The molecule has 0 aliphatic heterocycles. The highest BCUT2D eigenvalue weighted by atomic mass is 16.6. The standard InChI is InChI=1S/C26H27NO4/c1-18-14-15-21(16-19(18)2)20(3)27-24(28)17-31-25(29)26(30,22-10-6-4-7-11-22)23-12-8-5-9-13-23/h4-16,20,30H,17H2,1-3H3,(H,27,28)/t20-/m1/s1. The molecule has 5 heteroatoms. The number of amides is 1. The molecule has 0 radical (unpaired) electrons. The molecular formula is C26H27NO4. The maximum atomic E-state index is 13.0. The average molecular weight is 418 g/mol. The lowest BCUT2D eigenvalue weighted by molar-refractivity contribution is -0.164. The van der Waals surface area contributed by atoms with Gasteiger partial charge < -0.3 is 15.2 Å². The summed E-state index contributed by atoms with van der Waals surface area (Å²) in [6.07, 6.45) is 0. The van der Waals surface area contributed by atoms with Crippen LogP contribution in [0.1, 0.15) is 40.8 Å². The molecule has 0 aliphatic rings. The molecule has 31 heavy (non-hydrogen) atoms. The smallest absolute Gasteiger partial charge is 0.348 e. The van der Waals surface area contributed by atoms with Crippen LogP contribution in [0.5, 0.6) is 0 Å². The second-order valence-corrected chi connectivity index (χ2v) is 7.65. The fourth-order valence-corrected chi connectivity index (χ4v) is 3.40. The predicted molar refractivity (Wildman–Crippen MR) is 119 cm³/mol. The topological polar surface area (TPSA) is 75.6 Å². The van der Waals surface area contributed by atoms with Crippen molar-refractivity contribution in [2.45, 2.75) is 32.4 Å². The molecular weight excluding hydrogens is 390 g/mol. The molecule has 2 N–H and O–H groups in total. The molecule has 3 aromatic carbocycles. The van der Waals surface area contributed by atoms with E-state index in [1.54, 1.807) is 60.7 Å². The van der Waals surface area contributed by atoms with Crippen LogP contribution in [-0.2, 0) is 19.9 Å². The van der Waals surface area contributed by atoms with Crippen molar-refractivity contribution in [2.75, 3.05) is 6.61 Å². The SMILES string of the molecule is Cc1ccc([C@@H](C)NC(=O)COC(=O)C(O)(c2ccccc2)c2ccccc2)cc1C. The first kappa shape index (κ1) is 22.2. The lowest BCUT2D eigenvalue weighted by Gasteiger charge is -2.27. The molecule has 0 unspecified atom stereocenters. The van der Waals surface area contributed by atoms with Crippen LogP contribution in [0.25, 0.3) is 0 Å². The van der Waals surface area contributed by atoms with Crippen LogP contribution in [0, 0.1) is 13.8 Å². The van der Waals surface area contributed by atoms with Gasteiger partial charge in [-0.05, 0) is 48.6 Å². The summed E-state index contributed by atoms with van der Waals surface area (Å²) in [5.41, 5.74) is 2.01. The number of benzene rings is 3. The zero-order valence-corrected chi connectivity index (χ0v) is 18.0. The molecule has 160 valence electrons. The maximum absolute atomic E-state index is 13.0. The molecule has 0 saturated carbocycles. The van der Waals surface area contributed by atoms with Gasteiger partial charge in [0, 0.05) is 0 Å². The molecule has 0 aromatic heterocycles. The first-order valence-corrected chi connectivity index (χ1v) is 10.2. The van der Waals surface area contributed by atoms with Gasteiger partial charge in [-0.3, -0.25) is 4.79 Å². The Bertz CT molecular complexity index is 1010. The van der Waals surface area contributed by atoms with Gasteiger partial charge in [0.1, 0.15) is 0 Å². The van der Waals surface area contributed by atoms with Crippen molar-refractivity contribution in [1.82, 2.24) is 5.32 Å². The molecule has 3 rings (SSSR count). The third-order valence-corrected chi connectivity index (χ3v) is 5.42. The van der Waals surface area contributed by atoms with Crippen molar-refractivity contribution < 1.29 is 19.4 Å². The Morgan fingerprint density at radius 1 is 0.903 bits per heavy atom. The Morgan fingerprint density at radius 3 is 1.97 bits per heavy atom. The number of esters is 1. The highest BCUT2D eigenvalue weighted by Gasteiger charge is 2.41. The fraction of sp³-hybridized carbons (Fsp3) is 0.231. The number of rotatable bonds is 7. The second kappa shape index (κ2) is 9.58. The van der Waals surface area contributed by atoms with E-state index in [1.807, 2.05) is 39.0 Å². The van der Waals surface area contributed by atoms with Crippen LogP contribution in [0.4, 0.5) is 0 Å². The van der Waals surface area contributed by atoms with Crippen LogP contribution in [0.3, 0.4) is 0 Å². The van der Waals surface area contributed by atoms with Crippen molar-refractivity contribution >= 4 is 11.9 Å². The minimum absolute atomic E-state index is 0.243. The van der Waals surface area contributed by atoms with Crippen LogP contribution >= 0.6 is 0 Å². The van der Waals surface area contributed by atoms with Gasteiger partial charge in [0.15, 0.2) is 6.61 Å². The van der Waals surface area contributed by atoms with Gasteiger partial charge in [0.25, 0.3) is 5.91 Å². The quantitative estimate of drug-likeness (QED) is 0.571. The Morgan fingerprint density at radius 2 is 1.45 bits per heavy atom. The molecule has 0 heterocycles. The first-order chi connectivity index (χ1) is 14.8. The summed E-state index contributed by atoms with van der Waals surface area (Å²) in [6, 6.07) is 22.9. The van der Waals surface area contributed by atoms with E-state index in [9.17, 15) is 14.7 Å². The lowest BCUT2D eigenvalue weighted by Crippen LogP contribution is -2.40. The molecule has 1 amide bonds. The molecule has 5 nitrogen and oxygen atoms in total. The maximum Gasteiger partial charge on any atom is 0.348 e. The number of ether oxygens (including phenoxy) is 1. The van der Waals surface area contributed by atoms with E-state index in [-0.39, 0.29) is 6.04 Å². The third-order valence-electron chi connectivity index (χ3n) is 5.42. The number of nitrogens with one attached hydrogen (secondary N) is 1. The molecule has 1 atom stereocenters. The minimum atomic E-state index is -2.01. The van der Waals surface area contributed by atoms with E-state index in [1.165, 1.54) is 5.56 Å². The molecule has 0 spiro atoms. The summed E-state index contributed by atoms with van der Waals surface area (Å²) in [5, 5.41) is 14.2. The van der Waals surface area contributed by atoms with E-state index < -0.39 is 24.1 Å². The summed E-state index contributed by atoms with van der Waals surface area (Å²) >= 11 is 0. The van der Waals surface area contributed by atoms with Crippen molar-refractivity contribution in [3.63, 3.8) is 0 Å². The Labute approximate surface area is 182 Å². The van der Waals surface area contributed by atoms with E-state index in [0.29, 0.717) is 11.1 Å². The number of carbonyl (C=O) groups excluding carboxylic acids is 2. The normalized spacial score (nSPS) is 12.1. The summed E-state index contributed by atoms with van der Waals surface area (Å²) in [6.45, 7) is 5.43. The van der Waals surface area contributed by atoms with Crippen molar-refractivity contribution in [1.29, 1.82) is 0 Å². The third kappa shape index (κ3) is 5.01. The Balaban J connectivity index is 1.71. The number of aryl methyl sites for hydroxylation is 2. The molecule has 3 aromatic rings. The average Bonchev–Trinajstić information content (AvgIpc) is 2.79. The highest BCUT2D eigenvalue weighted by molar-refractivity contribution is 5.88. The van der Waals surface area contributed by atoms with Crippen LogP contribution in [0.2, 0.25) is 0 Å². The summed E-state index contributed by atoms with van der Waals surface area (Å²) in [4.78, 5) is 25.4. The number of aliphatic hydroxyl groups is 1. The summed E-state index contributed by atoms with van der Waals surface area (Å²) < 4.78 is 5.26. The Hall–Kier alpha value is -3.44. The van der Waals surface area contributed by atoms with Gasteiger partial charge >= 0.3 is 5.97 Å². The fourth-order valence-electron chi connectivity index (χ4n) is 3.40. The van der Waals surface area contributed by atoms with E-state index >= 15 is 0 Å². The van der Waals surface area contributed by atoms with Crippen molar-refractivity contribution in [3.8, 4) is 0 Å². The predicted octanol–water partition coefficient (Wildman–Crippen LogP) is 3.96. The molecule has 0 bridgehead atoms. The van der Waals surface area contributed by atoms with Gasteiger partial charge in [-0.25, -0.2) is 4.79 Å². The van der Waals surface area contributed by atoms with Gasteiger partial charge in [-0.1, -0.05) is 78.9 Å². The number of carbonyl (C=O) groups is 2. The largest absolute Gasteiger partial charge is 0.453 e. The zero-order chi connectivity index (χ0) is 22.4.